The third-order valence-electron chi connectivity index (χ3n) is 5.46. The Morgan fingerprint density at radius 1 is 0.594 bits per heavy atom. The van der Waals surface area contributed by atoms with Crippen LogP contribution in [0.15, 0.2) is 97.1 Å². The van der Waals surface area contributed by atoms with Crippen molar-refractivity contribution in [3.8, 4) is 22.4 Å². The highest BCUT2D eigenvalue weighted by Gasteiger charge is 2.07. The summed E-state index contributed by atoms with van der Waals surface area (Å²) >= 11 is 0. The Morgan fingerprint density at radius 2 is 1.25 bits per heavy atom. The van der Waals surface area contributed by atoms with Crippen LogP contribution in [0.5, 0.6) is 0 Å². The van der Waals surface area contributed by atoms with Crippen LogP contribution in [0.3, 0.4) is 0 Å². The third-order valence-corrected chi connectivity index (χ3v) is 5.46. The summed E-state index contributed by atoms with van der Waals surface area (Å²) in [6.07, 6.45) is 0. The maximum absolute atomic E-state index is 5.81. The van der Waals surface area contributed by atoms with Gasteiger partial charge in [0.2, 0.25) is 0 Å². The van der Waals surface area contributed by atoms with E-state index in [0.717, 1.165) is 33.7 Å². The van der Waals surface area contributed by atoms with Crippen molar-refractivity contribution in [2.75, 3.05) is 5.73 Å². The smallest absolute Gasteiger partial charge is 0.126 e. The number of nitrogens with two attached hydrogens (primary N) is 1. The van der Waals surface area contributed by atoms with Gasteiger partial charge in [-0.25, -0.2) is 9.97 Å². The van der Waals surface area contributed by atoms with Crippen LogP contribution in [0.2, 0.25) is 0 Å². The van der Waals surface area contributed by atoms with Crippen molar-refractivity contribution in [3.63, 3.8) is 0 Å². The Hall–Kier alpha value is -3.98. The second-order valence-corrected chi connectivity index (χ2v) is 7.89. The second kappa shape index (κ2) is 9.44. The highest BCUT2D eigenvalue weighted by Crippen LogP contribution is 2.28. The lowest BCUT2D eigenvalue weighted by molar-refractivity contribution is 1.10. The quantitative estimate of drug-likeness (QED) is 0.310. The molecule has 0 unspecified atom stereocenters. The van der Waals surface area contributed by atoms with E-state index in [-0.39, 0.29) is 0 Å². The summed E-state index contributed by atoms with van der Waals surface area (Å²) in [5.41, 5.74) is 14.8. The van der Waals surface area contributed by atoms with Crippen LogP contribution in [0.4, 0.5) is 5.69 Å². The number of fused-ring (bicyclic) bond motifs is 1. The normalized spacial score (nSPS) is 10.5. The summed E-state index contributed by atoms with van der Waals surface area (Å²) < 4.78 is 0. The first-order chi connectivity index (χ1) is 15.5. The van der Waals surface area contributed by atoms with Crippen molar-refractivity contribution in [2.24, 2.45) is 0 Å². The van der Waals surface area contributed by atoms with Gasteiger partial charge in [-0.15, -0.1) is 0 Å². The molecule has 0 aliphatic rings. The number of nitrogen functional groups attached to an aromatic ring is 1. The summed E-state index contributed by atoms with van der Waals surface area (Å²) in [6.45, 7) is 6.16. The zero-order valence-corrected chi connectivity index (χ0v) is 18.7. The van der Waals surface area contributed by atoms with Crippen LogP contribution in [0.25, 0.3) is 33.3 Å². The van der Waals surface area contributed by atoms with Gasteiger partial charge in [0, 0.05) is 16.6 Å². The predicted octanol–water partition coefficient (Wildman–Crippen LogP) is 7.16. The average Bonchev–Trinajstić information content (AvgIpc) is 2.81. The molecule has 0 spiro atoms. The van der Waals surface area contributed by atoms with Gasteiger partial charge in [0.05, 0.1) is 11.2 Å². The van der Waals surface area contributed by atoms with Crippen molar-refractivity contribution < 1.29 is 0 Å². The lowest BCUT2D eigenvalue weighted by Gasteiger charge is -2.09. The van der Waals surface area contributed by atoms with E-state index in [4.69, 9.17) is 5.73 Å². The molecule has 2 N–H and O–H groups in total. The van der Waals surface area contributed by atoms with E-state index < -0.39 is 0 Å². The lowest BCUT2D eigenvalue weighted by Crippen LogP contribution is -1.93. The monoisotopic (exact) mass is 417 g/mol. The van der Waals surface area contributed by atoms with E-state index in [0.29, 0.717) is 0 Å². The predicted molar refractivity (Wildman–Crippen MR) is 135 cm³/mol. The molecule has 5 aromatic rings. The summed E-state index contributed by atoms with van der Waals surface area (Å²) in [6, 6.07) is 32.8. The van der Waals surface area contributed by atoms with Gasteiger partial charge in [0.25, 0.3) is 0 Å². The Morgan fingerprint density at radius 3 is 2.03 bits per heavy atom. The van der Waals surface area contributed by atoms with Gasteiger partial charge in [-0.3, -0.25) is 0 Å². The zero-order valence-electron chi connectivity index (χ0n) is 18.7. The summed E-state index contributed by atoms with van der Waals surface area (Å²) in [5.74, 6) is 0.808. The molecule has 3 heteroatoms. The minimum atomic E-state index is 0.808. The zero-order chi connectivity index (χ0) is 22.5. The molecular weight excluding hydrogens is 390 g/mol. The van der Waals surface area contributed by atoms with Crippen LogP contribution in [-0.2, 0) is 0 Å². The van der Waals surface area contributed by atoms with E-state index in [1.807, 2.05) is 55.5 Å². The molecule has 0 fully saturated rings. The maximum atomic E-state index is 5.81. The number of nitrogens with zero attached hydrogens (tertiary/aromatic N) is 2. The van der Waals surface area contributed by atoms with Crippen LogP contribution >= 0.6 is 0 Å². The average molecular weight is 418 g/mol. The number of para-hydroxylation sites is 1. The first-order valence-corrected chi connectivity index (χ1v) is 10.7. The Kier molecular flexibility index (Phi) is 6.27. The van der Waals surface area contributed by atoms with Gasteiger partial charge in [0.15, 0.2) is 0 Å². The minimum absolute atomic E-state index is 0.808. The first-order valence-electron chi connectivity index (χ1n) is 10.7. The highest BCUT2D eigenvalue weighted by atomic mass is 14.9. The molecule has 0 aliphatic carbocycles. The van der Waals surface area contributed by atoms with Crippen LogP contribution < -0.4 is 5.73 Å². The second-order valence-electron chi connectivity index (χ2n) is 7.89. The maximum Gasteiger partial charge on any atom is 0.126 e. The molecule has 0 saturated heterocycles. The van der Waals surface area contributed by atoms with E-state index >= 15 is 0 Å². The van der Waals surface area contributed by atoms with E-state index in [1.165, 1.54) is 22.3 Å². The molecule has 4 aromatic carbocycles. The molecule has 0 atom stereocenters. The molecule has 1 heterocycles. The van der Waals surface area contributed by atoms with Crippen molar-refractivity contribution in [2.45, 2.75) is 20.8 Å². The largest absolute Gasteiger partial charge is 0.399 e. The molecule has 32 heavy (non-hydrogen) atoms. The molecule has 3 nitrogen and oxygen atoms in total. The fraction of sp³-hybridized carbons (Fsp3) is 0.103. The molecular formula is C29H27N3. The van der Waals surface area contributed by atoms with Crippen molar-refractivity contribution in [3.05, 3.63) is 114 Å². The summed E-state index contributed by atoms with van der Waals surface area (Å²) in [4.78, 5) is 9.01. The Labute approximate surface area is 189 Å². The molecule has 0 bridgehead atoms. The SMILES string of the molecule is Cc1ccccc1-c1cc(N)ccc1C.Cc1nc(-c2ccccc2)c2ccccc2n1. The number of rotatable bonds is 2. The van der Waals surface area contributed by atoms with E-state index in [9.17, 15) is 0 Å². The molecule has 0 amide bonds. The van der Waals surface area contributed by atoms with E-state index in [2.05, 4.69) is 72.3 Å². The summed E-state index contributed by atoms with van der Waals surface area (Å²) in [5, 5.41) is 1.10. The highest BCUT2D eigenvalue weighted by molar-refractivity contribution is 5.92. The molecule has 5 rings (SSSR count). The number of hydrogen-bond acceptors (Lipinski definition) is 3. The van der Waals surface area contributed by atoms with Gasteiger partial charge in [0.1, 0.15) is 5.82 Å². The van der Waals surface area contributed by atoms with Gasteiger partial charge >= 0.3 is 0 Å². The van der Waals surface area contributed by atoms with Crippen molar-refractivity contribution in [1.82, 2.24) is 9.97 Å². The van der Waals surface area contributed by atoms with E-state index in [1.54, 1.807) is 0 Å². The fourth-order valence-electron chi connectivity index (χ4n) is 3.81. The van der Waals surface area contributed by atoms with Gasteiger partial charge in [-0.1, -0.05) is 78.9 Å². The molecule has 0 saturated carbocycles. The van der Waals surface area contributed by atoms with Crippen LogP contribution in [0.1, 0.15) is 17.0 Å². The Balaban J connectivity index is 0.000000155. The standard InChI is InChI=1S/C15H12N2.C14H15N/c1-11-16-14-10-6-5-9-13(14)15(17-11)12-7-3-2-4-8-12;1-10-5-3-4-6-13(10)14-9-12(15)8-7-11(14)2/h2-10H,1H3;3-9H,15H2,1-2H3. The first kappa shape index (κ1) is 21.3. The Bertz CT molecular complexity index is 1360. The molecule has 1 aromatic heterocycles. The molecule has 158 valence electrons. The minimum Gasteiger partial charge on any atom is -0.399 e. The molecule has 0 aliphatic heterocycles. The lowest BCUT2D eigenvalue weighted by atomic mass is 9.96. The topological polar surface area (TPSA) is 51.8 Å². The number of aryl methyl sites for hydroxylation is 3. The third kappa shape index (κ3) is 4.68. The number of benzene rings is 4. The van der Waals surface area contributed by atoms with Gasteiger partial charge < -0.3 is 5.73 Å². The van der Waals surface area contributed by atoms with Gasteiger partial charge in [-0.2, -0.15) is 0 Å². The van der Waals surface area contributed by atoms with Crippen molar-refractivity contribution >= 4 is 16.6 Å². The number of anilines is 1. The van der Waals surface area contributed by atoms with Crippen LogP contribution in [0, 0.1) is 20.8 Å². The number of hydrogen-bond donors (Lipinski definition) is 1. The molecule has 0 radical (unpaired) electrons. The van der Waals surface area contributed by atoms with Gasteiger partial charge in [-0.05, 0) is 61.2 Å². The fourth-order valence-corrected chi connectivity index (χ4v) is 3.81. The van der Waals surface area contributed by atoms with Crippen LogP contribution in [-0.4, -0.2) is 9.97 Å². The van der Waals surface area contributed by atoms with Crippen molar-refractivity contribution in [1.29, 1.82) is 0 Å². The summed E-state index contributed by atoms with van der Waals surface area (Å²) in [7, 11) is 0. The number of aromatic nitrogens is 2.